The standard InChI is InChI=1S/C17H19N3O2/c1-12(21)19-16-5-3-14(4-6-16)11-18-15-7-9-17(10-8-15)20-13(2)22/h3-10,18H,11H2,1-2H3,(H,19,21)(H,20,22). The van der Waals surface area contributed by atoms with Crippen LogP contribution in [0.15, 0.2) is 48.5 Å². The molecule has 0 unspecified atom stereocenters. The quantitative estimate of drug-likeness (QED) is 0.793. The van der Waals surface area contributed by atoms with Crippen molar-refractivity contribution in [3.8, 4) is 0 Å². The van der Waals surface area contributed by atoms with Crippen LogP contribution in [0.25, 0.3) is 0 Å². The van der Waals surface area contributed by atoms with E-state index in [1.165, 1.54) is 13.8 Å². The molecule has 0 bridgehead atoms. The summed E-state index contributed by atoms with van der Waals surface area (Å²) in [5, 5.41) is 8.76. The zero-order valence-electron chi connectivity index (χ0n) is 12.6. The van der Waals surface area contributed by atoms with Crippen LogP contribution in [-0.2, 0) is 16.1 Å². The Kier molecular flexibility index (Phi) is 5.14. The van der Waals surface area contributed by atoms with Crippen molar-refractivity contribution < 1.29 is 9.59 Å². The van der Waals surface area contributed by atoms with Crippen molar-refractivity contribution in [3.05, 3.63) is 54.1 Å². The summed E-state index contributed by atoms with van der Waals surface area (Å²) in [5.41, 5.74) is 3.65. The van der Waals surface area contributed by atoms with Gasteiger partial charge in [0.2, 0.25) is 11.8 Å². The van der Waals surface area contributed by atoms with Crippen LogP contribution >= 0.6 is 0 Å². The molecule has 0 aliphatic carbocycles. The van der Waals surface area contributed by atoms with Crippen LogP contribution in [0, 0.1) is 0 Å². The fraction of sp³-hybridized carbons (Fsp3) is 0.176. The largest absolute Gasteiger partial charge is 0.381 e. The minimum atomic E-state index is -0.0834. The van der Waals surface area contributed by atoms with Gasteiger partial charge in [-0.05, 0) is 42.0 Å². The first-order valence-electron chi connectivity index (χ1n) is 7.01. The smallest absolute Gasteiger partial charge is 0.221 e. The molecule has 0 aliphatic heterocycles. The van der Waals surface area contributed by atoms with Crippen molar-refractivity contribution >= 4 is 28.9 Å². The molecular formula is C17H19N3O2. The molecule has 0 spiro atoms. The lowest BCUT2D eigenvalue weighted by molar-refractivity contribution is -0.115. The van der Waals surface area contributed by atoms with Gasteiger partial charge in [0, 0.05) is 37.5 Å². The molecule has 0 saturated heterocycles. The molecule has 2 aromatic carbocycles. The van der Waals surface area contributed by atoms with E-state index in [1.807, 2.05) is 48.5 Å². The maximum Gasteiger partial charge on any atom is 0.221 e. The number of carbonyl (C=O) groups is 2. The van der Waals surface area contributed by atoms with Gasteiger partial charge < -0.3 is 16.0 Å². The lowest BCUT2D eigenvalue weighted by Crippen LogP contribution is -2.06. The minimum Gasteiger partial charge on any atom is -0.381 e. The Balaban J connectivity index is 1.89. The van der Waals surface area contributed by atoms with Crippen molar-refractivity contribution in [2.75, 3.05) is 16.0 Å². The van der Waals surface area contributed by atoms with Gasteiger partial charge in [0.25, 0.3) is 0 Å². The highest BCUT2D eigenvalue weighted by atomic mass is 16.2. The Morgan fingerprint density at radius 1 is 0.727 bits per heavy atom. The Morgan fingerprint density at radius 2 is 1.14 bits per heavy atom. The molecule has 2 rings (SSSR count). The number of amides is 2. The molecule has 3 N–H and O–H groups in total. The summed E-state index contributed by atoms with van der Waals surface area (Å²) in [4.78, 5) is 21.9. The average molecular weight is 297 g/mol. The third kappa shape index (κ3) is 4.94. The zero-order chi connectivity index (χ0) is 15.9. The molecule has 0 heterocycles. The predicted molar refractivity (Wildman–Crippen MR) is 88.8 cm³/mol. The van der Waals surface area contributed by atoms with E-state index in [4.69, 9.17) is 0 Å². The van der Waals surface area contributed by atoms with Gasteiger partial charge in [-0.1, -0.05) is 12.1 Å². The molecule has 5 nitrogen and oxygen atoms in total. The maximum absolute atomic E-state index is 11.0. The summed E-state index contributed by atoms with van der Waals surface area (Å²) < 4.78 is 0. The van der Waals surface area contributed by atoms with E-state index >= 15 is 0 Å². The van der Waals surface area contributed by atoms with Crippen LogP contribution in [0.1, 0.15) is 19.4 Å². The summed E-state index contributed by atoms with van der Waals surface area (Å²) in [7, 11) is 0. The molecular weight excluding hydrogens is 278 g/mol. The molecule has 0 fully saturated rings. The maximum atomic E-state index is 11.0. The summed E-state index contributed by atoms with van der Waals surface area (Å²) in [6, 6.07) is 15.2. The second-order valence-electron chi connectivity index (χ2n) is 4.99. The highest BCUT2D eigenvalue weighted by molar-refractivity contribution is 5.89. The predicted octanol–water partition coefficient (Wildman–Crippen LogP) is 3.22. The van der Waals surface area contributed by atoms with E-state index in [2.05, 4.69) is 16.0 Å². The summed E-state index contributed by atoms with van der Waals surface area (Å²) in [6.07, 6.45) is 0. The van der Waals surface area contributed by atoms with Crippen molar-refractivity contribution in [3.63, 3.8) is 0 Å². The molecule has 2 amide bonds. The minimum absolute atomic E-state index is 0.0786. The molecule has 0 aliphatic rings. The normalized spacial score (nSPS) is 9.91. The van der Waals surface area contributed by atoms with Crippen LogP contribution in [-0.4, -0.2) is 11.8 Å². The van der Waals surface area contributed by atoms with Crippen LogP contribution in [0.4, 0.5) is 17.1 Å². The van der Waals surface area contributed by atoms with Crippen molar-refractivity contribution in [2.24, 2.45) is 0 Å². The lowest BCUT2D eigenvalue weighted by Gasteiger charge is -2.09. The highest BCUT2D eigenvalue weighted by Gasteiger charge is 1.99. The molecule has 2 aromatic rings. The van der Waals surface area contributed by atoms with Crippen molar-refractivity contribution in [2.45, 2.75) is 20.4 Å². The number of hydrogen-bond acceptors (Lipinski definition) is 3. The van der Waals surface area contributed by atoms with Gasteiger partial charge in [-0.15, -0.1) is 0 Å². The Labute approximate surface area is 129 Å². The SMILES string of the molecule is CC(=O)Nc1ccc(CNc2ccc(NC(C)=O)cc2)cc1. The molecule has 5 heteroatoms. The van der Waals surface area contributed by atoms with Crippen LogP contribution in [0.2, 0.25) is 0 Å². The topological polar surface area (TPSA) is 70.2 Å². The summed E-state index contributed by atoms with van der Waals surface area (Å²) >= 11 is 0. The van der Waals surface area contributed by atoms with Gasteiger partial charge in [-0.25, -0.2) is 0 Å². The second kappa shape index (κ2) is 7.26. The van der Waals surface area contributed by atoms with Gasteiger partial charge in [-0.2, -0.15) is 0 Å². The van der Waals surface area contributed by atoms with Crippen molar-refractivity contribution in [1.29, 1.82) is 0 Å². The Morgan fingerprint density at radius 3 is 1.59 bits per heavy atom. The lowest BCUT2D eigenvalue weighted by atomic mass is 10.2. The van der Waals surface area contributed by atoms with E-state index in [9.17, 15) is 9.59 Å². The molecule has 0 aromatic heterocycles. The van der Waals surface area contributed by atoms with Gasteiger partial charge in [0.15, 0.2) is 0 Å². The fourth-order valence-electron chi connectivity index (χ4n) is 1.99. The number of anilines is 3. The molecule has 0 atom stereocenters. The van der Waals surface area contributed by atoms with Gasteiger partial charge >= 0.3 is 0 Å². The average Bonchev–Trinajstić information content (AvgIpc) is 2.47. The van der Waals surface area contributed by atoms with Crippen LogP contribution in [0.5, 0.6) is 0 Å². The van der Waals surface area contributed by atoms with Crippen LogP contribution in [0.3, 0.4) is 0 Å². The zero-order valence-corrected chi connectivity index (χ0v) is 12.6. The highest BCUT2D eigenvalue weighted by Crippen LogP contribution is 2.15. The first-order chi connectivity index (χ1) is 10.5. The van der Waals surface area contributed by atoms with Crippen LogP contribution < -0.4 is 16.0 Å². The van der Waals surface area contributed by atoms with E-state index in [0.717, 1.165) is 22.6 Å². The summed E-state index contributed by atoms with van der Waals surface area (Å²) in [5.74, 6) is -0.162. The fourth-order valence-corrected chi connectivity index (χ4v) is 1.99. The van der Waals surface area contributed by atoms with Gasteiger partial charge in [0.05, 0.1) is 0 Å². The first-order valence-corrected chi connectivity index (χ1v) is 7.01. The summed E-state index contributed by atoms with van der Waals surface area (Å²) in [6.45, 7) is 3.65. The van der Waals surface area contributed by atoms with E-state index in [-0.39, 0.29) is 11.8 Å². The van der Waals surface area contributed by atoms with Crippen molar-refractivity contribution in [1.82, 2.24) is 0 Å². The monoisotopic (exact) mass is 297 g/mol. The molecule has 114 valence electrons. The van der Waals surface area contributed by atoms with E-state index in [0.29, 0.717) is 6.54 Å². The Hall–Kier alpha value is -2.82. The number of benzene rings is 2. The van der Waals surface area contributed by atoms with E-state index < -0.39 is 0 Å². The van der Waals surface area contributed by atoms with E-state index in [1.54, 1.807) is 0 Å². The number of nitrogens with one attached hydrogen (secondary N) is 3. The second-order valence-corrected chi connectivity index (χ2v) is 4.99. The van der Waals surface area contributed by atoms with Gasteiger partial charge in [-0.3, -0.25) is 9.59 Å². The number of rotatable bonds is 5. The molecule has 22 heavy (non-hydrogen) atoms. The third-order valence-corrected chi connectivity index (χ3v) is 2.98. The molecule has 0 radical (unpaired) electrons. The Bertz CT molecular complexity index is 589. The van der Waals surface area contributed by atoms with Gasteiger partial charge in [0.1, 0.15) is 0 Å². The first kappa shape index (κ1) is 15.6. The number of hydrogen-bond donors (Lipinski definition) is 3. The number of carbonyl (C=O) groups excluding carboxylic acids is 2. The third-order valence-electron chi connectivity index (χ3n) is 2.98. The molecule has 0 saturated carbocycles.